The molecule has 0 radical (unpaired) electrons. The van der Waals surface area contributed by atoms with E-state index in [9.17, 15) is 0 Å². The van der Waals surface area contributed by atoms with Crippen molar-refractivity contribution in [1.29, 1.82) is 0 Å². The van der Waals surface area contributed by atoms with Crippen molar-refractivity contribution in [3.8, 4) is 11.5 Å². The van der Waals surface area contributed by atoms with Gasteiger partial charge in [-0.15, -0.1) is 10.2 Å². The Hall–Kier alpha value is -2.63. The van der Waals surface area contributed by atoms with Crippen molar-refractivity contribution in [2.75, 3.05) is 5.32 Å². The molecule has 96 valence electrons. The van der Waals surface area contributed by atoms with Gasteiger partial charge in [-0.25, -0.2) is 4.98 Å². The zero-order valence-electron chi connectivity index (χ0n) is 10.4. The molecule has 0 spiro atoms. The summed E-state index contributed by atoms with van der Waals surface area (Å²) in [5, 5.41) is 10.9. The number of anilines is 1. The first-order valence-corrected chi connectivity index (χ1v) is 5.89. The number of nitrogens with one attached hydrogen (secondary N) is 1. The van der Waals surface area contributed by atoms with Gasteiger partial charge in [0.1, 0.15) is 5.82 Å². The Kier molecular flexibility index (Phi) is 2.97. The van der Waals surface area contributed by atoms with Crippen LogP contribution in [0.4, 0.5) is 5.69 Å². The normalized spacial score (nSPS) is 10.6. The average molecular weight is 255 g/mol. The number of aryl methyl sites for hydroxylation is 1. The first kappa shape index (κ1) is 11.5. The zero-order valence-corrected chi connectivity index (χ0v) is 10.4. The Morgan fingerprint density at radius 3 is 3.05 bits per heavy atom. The molecule has 0 atom stereocenters. The Morgan fingerprint density at radius 2 is 2.32 bits per heavy atom. The number of rotatable bonds is 4. The van der Waals surface area contributed by atoms with Gasteiger partial charge in [0, 0.05) is 30.7 Å². The van der Waals surface area contributed by atoms with Crippen molar-refractivity contribution in [3.05, 3.63) is 48.9 Å². The Bertz CT molecular complexity index is 659. The lowest BCUT2D eigenvalue weighted by Gasteiger charge is -2.07. The van der Waals surface area contributed by atoms with Gasteiger partial charge >= 0.3 is 0 Å². The molecule has 0 saturated heterocycles. The van der Waals surface area contributed by atoms with Gasteiger partial charge in [-0.05, 0) is 18.2 Å². The van der Waals surface area contributed by atoms with Crippen molar-refractivity contribution >= 4 is 5.69 Å². The van der Waals surface area contributed by atoms with Crippen LogP contribution >= 0.6 is 0 Å². The van der Waals surface area contributed by atoms with Crippen LogP contribution in [-0.2, 0) is 13.6 Å². The first-order valence-electron chi connectivity index (χ1n) is 5.89. The highest BCUT2D eigenvalue weighted by molar-refractivity contribution is 5.60. The summed E-state index contributed by atoms with van der Waals surface area (Å²) >= 11 is 0. The van der Waals surface area contributed by atoms with Crippen LogP contribution in [0.3, 0.4) is 0 Å². The third-order valence-electron chi connectivity index (χ3n) is 2.84. The minimum atomic E-state index is 0.514. The van der Waals surface area contributed by atoms with E-state index in [1.54, 1.807) is 6.20 Å². The molecule has 6 heteroatoms. The average Bonchev–Trinajstić information content (AvgIpc) is 3.08. The molecule has 0 saturated carbocycles. The number of hydrogen-bond acceptors (Lipinski definition) is 5. The molecule has 0 unspecified atom stereocenters. The molecule has 6 nitrogen and oxygen atoms in total. The highest BCUT2D eigenvalue weighted by Crippen LogP contribution is 2.20. The van der Waals surface area contributed by atoms with E-state index >= 15 is 0 Å². The van der Waals surface area contributed by atoms with Crippen LogP contribution in [0.2, 0.25) is 0 Å². The molecule has 2 heterocycles. The number of nitrogens with zero attached hydrogens (tertiary/aromatic N) is 4. The molecule has 1 N–H and O–H groups in total. The number of hydrogen-bond donors (Lipinski definition) is 1. The summed E-state index contributed by atoms with van der Waals surface area (Å²) in [6, 6.07) is 7.83. The first-order chi connectivity index (χ1) is 9.33. The molecular weight excluding hydrogens is 242 g/mol. The topological polar surface area (TPSA) is 68.8 Å². The molecule has 0 amide bonds. The van der Waals surface area contributed by atoms with Gasteiger partial charge in [-0.2, -0.15) is 0 Å². The molecular formula is C13H13N5O. The second-order valence-electron chi connectivity index (χ2n) is 4.13. The van der Waals surface area contributed by atoms with Crippen molar-refractivity contribution in [2.45, 2.75) is 6.54 Å². The molecule has 2 aromatic heterocycles. The largest absolute Gasteiger partial charge is 0.423 e. The maximum atomic E-state index is 5.18. The second kappa shape index (κ2) is 4.93. The van der Waals surface area contributed by atoms with Gasteiger partial charge in [0.15, 0.2) is 0 Å². The molecule has 0 aliphatic rings. The van der Waals surface area contributed by atoms with Gasteiger partial charge in [-0.1, -0.05) is 6.07 Å². The van der Waals surface area contributed by atoms with Crippen molar-refractivity contribution < 1.29 is 4.42 Å². The van der Waals surface area contributed by atoms with E-state index in [1.807, 2.05) is 42.1 Å². The lowest BCUT2D eigenvalue weighted by molar-refractivity contribution is 0.568. The molecule has 1 aromatic carbocycles. The molecule has 0 aliphatic carbocycles. The fourth-order valence-electron chi connectivity index (χ4n) is 1.81. The Morgan fingerprint density at radius 1 is 1.37 bits per heavy atom. The second-order valence-corrected chi connectivity index (χ2v) is 4.13. The summed E-state index contributed by atoms with van der Waals surface area (Å²) in [5.74, 6) is 1.49. The van der Waals surface area contributed by atoms with Crippen LogP contribution in [0.5, 0.6) is 0 Å². The van der Waals surface area contributed by atoms with Crippen LogP contribution in [0, 0.1) is 0 Å². The molecule has 0 fully saturated rings. The van der Waals surface area contributed by atoms with Gasteiger partial charge in [0.25, 0.3) is 0 Å². The maximum absolute atomic E-state index is 5.18. The molecule has 3 aromatic rings. The Balaban J connectivity index is 1.75. The predicted octanol–water partition coefficient (Wildman–Crippen LogP) is 2.08. The summed E-state index contributed by atoms with van der Waals surface area (Å²) in [6.45, 7) is 0.663. The number of benzene rings is 1. The van der Waals surface area contributed by atoms with Crippen LogP contribution in [0.1, 0.15) is 5.82 Å². The van der Waals surface area contributed by atoms with Crippen molar-refractivity contribution in [1.82, 2.24) is 19.7 Å². The van der Waals surface area contributed by atoms with Crippen LogP contribution < -0.4 is 5.32 Å². The predicted molar refractivity (Wildman–Crippen MR) is 70.3 cm³/mol. The van der Waals surface area contributed by atoms with Gasteiger partial charge in [-0.3, -0.25) is 0 Å². The van der Waals surface area contributed by atoms with E-state index < -0.39 is 0 Å². The standard InChI is InChI=1S/C13H13N5O/c1-18-6-5-14-12(18)8-15-11-4-2-3-10(7-11)13-17-16-9-19-13/h2-7,9,15H,8H2,1H3. The van der Waals surface area contributed by atoms with Gasteiger partial charge in [0.2, 0.25) is 12.3 Å². The molecule has 0 bridgehead atoms. The molecule has 0 aliphatic heterocycles. The number of aromatic nitrogens is 4. The Labute approximate surface area is 110 Å². The summed E-state index contributed by atoms with van der Waals surface area (Å²) in [5.41, 5.74) is 1.88. The third-order valence-corrected chi connectivity index (χ3v) is 2.84. The van der Waals surface area contributed by atoms with E-state index in [0.717, 1.165) is 17.1 Å². The van der Waals surface area contributed by atoms with Crippen LogP contribution in [0.15, 0.2) is 47.5 Å². The van der Waals surface area contributed by atoms with E-state index in [2.05, 4.69) is 20.5 Å². The molecule has 19 heavy (non-hydrogen) atoms. The van der Waals surface area contributed by atoms with E-state index in [-0.39, 0.29) is 0 Å². The van der Waals surface area contributed by atoms with Crippen molar-refractivity contribution in [2.24, 2.45) is 7.05 Å². The highest BCUT2D eigenvalue weighted by Gasteiger charge is 2.04. The SMILES string of the molecule is Cn1ccnc1CNc1cccc(-c2nnco2)c1. The van der Waals surface area contributed by atoms with Gasteiger partial charge < -0.3 is 14.3 Å². The van der Waals surface area contributed by atoms with E-state index in [1.165, 1.54) is 6.39 Å². The minimum Gasteiger partial charge on any atom is -0.423 e. The van der Waals surface area contributed by atoms with E-state index in [4.69, 9.17) is 4.42 Å². The molecule has 3 rings (SSSR count). The summed E-state index contributed by atoms with van der Waals surface area (Å²) < 4.78 is 7.16. The van der Waals surface area contributed by atoms with E-state index in [0.29, 0.717) is 12.4 Å². The minimum absolute atomic E-state index is 0.514. The quantitative estimate of drug-likeness (QED) is 0.773. The summed E-state index contributed by atoms with van der Waals surface area (Å²) in [6.07, 6.45) is 5.03. The monoisotopic (exact) mass is 255 g/mol. The van der Waals surface area contributed by atoms with Crippen molar-refractivity contribution in [3.63, 3.8) is 0 Å². The fraction of sp³-hybridized carbons (Fsp3) is 0.154. The smallest absolute Gasteiger partial charge is 0.247 e. The summed E-state index contributed by atoms with van der Waals surface area (Å²) in [7, 11) is 1.97. The van der Waals surface area contributed by atoms with Gasteiger partial charge in [0.05, 0.1) is 6.54 Å². The number of imidazole rings is 1. The highest BCUT2D eigenvalue weighted by atomic mass is 16.4. The zero-order chi connectivity index (χ0) is 13.1. The fourth-order valence-corrected chi connectivity index (χ4v) is 1.81. The lowest BCUT2D eigenvalue weighted by Crippen LogP contribution is -2.05. The van der Waals surface area contributed by atoms with Crippen LogP contribution in [0.25, 0.3) is 11.5 Å². The van der Waals surface area contributed by atoms with Crippen LogP contribution in [-0.4, -0.2) is 19.7 Å². The maximum Gasteiger partial charge on any atom is 0.247 e. The summed E-state index contributed by atoms with van der Waals surface area (Å²) in [4.78, 5) is 4.26. The third kappa shape index (κ3) is 2.47. The lowest BCUT2D eigenvalue weighted by atomic mass is 10.2.